The van der Waals surface area contributed by atoms with Gasteiger partial charge in [-0.2, -0.15) is 0 Å². The molecule has 2 aromatic carbocycles. The lowest BCUT2D eigenvalue weighted by molar-refractivity contribution is -0.115. The van der Waals surface area contributed by atoms with Crippen molar-refractivity contribution in [1.29, 1.82) is 0 Å². The second-order valence-electron chi connectivity index (χ2n) is 6.09. The molecule has 0 fully saturated rings. The fraction of sp³-hybridized carbons (Fsp3) is 0.0556. The van der Waals surface area contributed by atoms with Gasteiger partial charge in [0.1, 0.15) is 5.82 Å². The van der Waals surface area contributed by atoms with Crippen molar-refractivity contribution in [2.75, 3.05) is 15.4 Å². The molecule has 4 rings (SSSR count). The van der Waals surface area contributed by atoms with Crippen LogP contribution in [-0.2, 0) is 21.2 Å². The average Bonchev–Trinajstić information content (AvgIpc) is 3.02. The van der Waals surface area contributed by atoms with Crippen LogP contribution in [0.5, 0.6) is 0 Å². The number of nitrogens with zero attached hydrogens (tertiary/aromatic N) is 2. The first-order chi connectivity index (χ1) is 13.4. The topological polar surface area (TPSA) is 113 Å². The van der Waals surface area contributed by atoms with Crippen molar-refractivity contribution in [3.63, 3.8) is 0 Å². The summed E-state index contributed by atoms with van der Waals surface area (Å²) in [4.78, 5) is 11.4. The Bertz CT molecular complexity index is 1170. The predicted octanol–water partition coefficient (Wildman–Crippen LogP) is 2.65. The normalized spacial score (nSPS) is 13.0. The lowest BCUT2D eigenvalue weighted by Crippen LogP contribution is -2.14. The highest BCUT2D eigenvalue weighted by molar-refractivity contribution is 7.92. The first kappa shape index (κ1) is 17.9. The molecule has 0 aliphatic carbocycles. The zero-order valence-electron chi connectivity index (χ0n) is 14.3. The third kappa shape index (κ3) is 3.76. The number of sulfonamides is 1. The summed E-state index contributed by atoms with van der Waals surface area (Å²) in [7, 11) is -3.89. The molecule has 0 spiro atoms. The van der Waals surface area contributed by atoms with Crippen LogP contribution in [0.25, 0.3) is 0 Å². The molecular weight excluding hydrogens is 385 g/mol. The van der Waals surface area contributed by atoms with Crippen LogP contribution >= 0.6 is 0 Å². The lowest BCUT2D eigenvalue weighted by atomic mass is 10.2. The van der Waals surface area contributed by atoms with E-state index in [2.05, 4.69) is 25.6 Å². The molecule has 3 N–H and O–H groups in total. The number of rotatable bonds is 5. The monoisotopic (exact) mass is 399 g/mol. The molecule has 1 amide bonds. The predicted molar refractivity (Wildman–Crippen MR) is 101 cm³/mol. The number of fused-ring (bicyclic) bond motifs is 1. The number of hydrogen-bond acceptors (Lipinski definition) is 6. The Kier molecular flexibility index (Phi) is 4.40. The van der Waals surface area contributed by atoms with E-state index < -0.39 is 15.8 Å². The molecule has 0 bridgehead atoms. The van der Waals surface area contributed by atoms with Crippen molar-refractivity contribution in [1.82, 2.24) is 10.2 Å². The standard InChI is InChI=1S/C18H14FN5O3S/c19-12-2-1-3-13(10-12)20-16-6-7-17(23-22-16)24-28(26,27)14-4-5-15-11(8-14)9-18(25)21-15/h1-8,10H,9H2,(H,20,22)(H,21,25)(H,23,24). The number of carbonyl (C=O) groups excluding carboxylic acids is 1. The van der Waals surface area contributed by atoms with E-state index in [1.165, 1.54) is 36.4 Å². The summed E-state index contributed by atoms with van der Waals surface area (Å²) in [6.45, 7) is 0. The number of amides is 1. The van der Waals surface area contributed by atoms with Crippen molar-refractivity contribution in [2.45, 2.75) is 11.3 Å². The molecule has 10 heteroatoms. The van der Waals surface area contributed by atoms with Gasteiger partial charge in [0.2, 0.25) is 5.91 Å². The van der Waals surface area contributed by atoms with Crippen LogP contribution in [0.1, 0.15) is 5.56 Å². The Morgan fingerprint density at radius 3 is 2.54 bits per heavy atom. The number of benzene rings is 2. The van der Waals surface area contributed by atoms with Gasteiger partial charge in [0.25, 0.3) is 10.0 Å². The molecule has 1 aliphatic heterocycles. The summed E-state index contributed by atoms with van der Waals surface area (Å²) < 4.78 is 40.7. The van der Waals surface area contributed by atoms with Crippen LogP contribution in [0.4, 0.5) is 27.4 Å². The summed E-state index contributed by atoms with van der Waals surface area (Å²) in [6.07, 6.45) is 0.138. The first-order valence-electron chi connectivity index (χ1n) is 8.21. The average molecular weight is 399 g/mol. The molecule has 0 radical (unpaired) electrons. The maximum Gasteiger partial charge on any atom is 0.263 e. The van der Waals surface area contributed by atoms with Gasteiger partial charge in [-0.3, -0.25) is 9.52 Å². The van der Waals surface area contributed by atoms with Crippen LogP contribution in [0.2, 0.25) is 0 Å². The second kappa shape index (κ2) is 6.89. The summed E-state index contributed by atoms with van der Waals surface area (Å²) in [5, 5.41) is 13.2. The van der Waals surface area contributed by atoms with E-state index in [1.54, 1.807) is 18.2 Å². The Hall–Kier alpha value is -3.53. The maximum absolute atomic E-state index is 13.2. The molecule has 1 aromatic heterocycles. The minimum atomic E-state index is -3.89. The SMILES string of the molecule is O=C1Cc2cc(S(=O)(=O)Nc3ccc(Nc4cccc(F)c4)nn3)ccc2N1. The largest absolute Gasteiger partial charge is 0.339 e. The summed E-state index contributed by atoms with van der Waals surface area (Å²) in [5.41, 5.74) is 1.72. The molecule has 2 heterocycles. The third-order valence-corrected chi connectivity index (χ3v) is 5.37. The zero-order valence-corrected chi connectivity index (χ0v) is 15.1. The fourth-order valence-electron chi connectivity index (χ4n) is 2.74. The van der Waals surface area contributed by atoms with E-state index in [9.17, 15) is 17.6 Å². The van der Waals surface area contributed by atoms with E-state index in [4.69, 9.17) is 0 Å². The highest BCUT2D eigenvalue weighted by Gasteiger charge is 2.22. The highest BCUT2D eigenvalue weighted by Crippen LogP contribution is 2.26. The Labute approximate surface area is 159 Å². The number of nitrogens with one attached hydrogen (secondary N) is 3. The number of carbonyl (C=O) groups is 1. The summed E-state index contributed by atoms with van der Waals surface area (Å²) in [5.74, 6) is -0.214. The van der Waals surface area contributed by atoms with Crippen molar-refractivity contribution in [2.24, 2.45) is 0 Å². The maximum atomic E-state index is 13.2. The van der Waals surface area contributed by atoms with Crippen molar-refractivity contribution in [3.05, 3.63) is 66.0 Å². The van der Waals surface area contributed by atoms with Gasteiger partial charge in [-0.05, 0) is 54.1 Å². The van der Waals surface area contributed by atoms with Gasteiger partial charge in [0.05, 0.1) is 11.3 Å². The molecule has 0 saturated heterocycles. The fourth-order valence-corrected chi connectivity index (χ4v) is 3.78. The number of halogens is 1. The van der Waals surface area contributed by atoms with Gasteiger partial charge in [-0.1, -0.05) is 6.07 Å². The van der Waals surface area contributed by atoms with E-state index in [0.717, 1.165) is 0 Å². The molecule has 142 valence electrons. The van der Waals surface area contributed by atoms with Crippen LogP contribution in [0.15, 0.2) is 59.5 Å². The van der Waals surface area contributed by atoms with Crippen molar-refractivity contribution >= 4 is 38.9 Å². The van der Waals surface area contributed by atoms with E-state index >= 15 is 0 Å². The van der Waals surface area contributed by atoms with Crippen LogP contribution < -0.4 is 15.4 Å². The number of hydrogen-bond donors (Lipinski definition) is 3. The highest BCUT2D eigenvalue weighted by atomic mass is 32.2. The molecule has 0 atom stereocenters. The molecule has 0 unspecified atom stereocenters. The molecular formula is C18H14FN5O3S. The molecule has 8 nitrogen and oxygen atoms in total. The smallest absolute Gasteiger partial charge is 0.263 e. The number of aromatic nitrogens is 2. The van der Waals surface area contributed by atoms with E-state index in [-0.39, 0.29) is 23.0 Å². The molecule has 0 saturated carbocycles. The van der Waals surface area contributed by atoms with Gasteiger partial charge < -0.3 is 10.6 Å². The molecule has 1 aliphatic rings. The van der Waals surface area contributed by atoms with Crippen LogP contribution in [-0.4, -0.2) is 24.5 Å². The Balaban J connectivity index is 1.49. The summed E-state index contributed by atoms with van der Waals surface area (Å²) in [6, 6.07) is 13.2. The minimum absolute atomic E-state index is 0.0199. The Morgan fingerprint density at radius 1 is 1.00 bits per heavy atom. The minimum Gasteiger partial charge on any atom is -0.339 e. The van der Waals surface area contributed by atoms with E-state index in [1.807, 2.05) is 0 Å². The van der Waals surface area contributed by atoms with Crippen molar-refractivity contribution < 1.29 is 17.6 Å². The summed E-state index contributed by atoms with van der Waals surface area (Å²) >= 11 is 0. The third-order valence-electron chi connectivity index (χ3n) is 4.01. The van der Waals surface area contributed by atoms with Gasteiger partial charge >= 0.3 is 0 Å². The van der Waals surface area contributed by atoms with E-state index in [0.29, 0.717) is 22.8 Å². The van der Waals surface area contributed by atoms with Crippen LogP contribution in [0.3, 0.4) is 0 Å². The number of anilines is 4. The van der Waals surface area contributed by atoms with Gasteiger partial charge in [0.15, 0.2) is 11.6 Å². The zero-order chi connectivity index (χ0) is 19.7. The van der Waals surface area contributed by atoms with Crippen LogP contribution in [0, 0.1) is 5.82 Å². The first-order valence-corrected chi connectivity index (χ1v) is 9.69. The van der Waals surface area contributed by atoms with Gasteiger partial charge in [0, 0.05) is 11.4 Å². The lowest BCUT2D eigenvalue weighted by Gasteiger charge is -2.09. The quantitative estimate of drug-likeness (QED) is 0.608. The van der Waals surface area contributed by atoms with Crippen molar-refractivity contribution in [3.8, 4) is 0 Å². The molecule has 3 aromatic rings. The second-order valence-corrected chi connectivity index (χ2v) is 7.77. The van der Waals surface area contributed by atoms with Gasteiger partial charge in [-0.25, -0.2) is 12.8 Å². The molecule has 28 heavy (non-hydrogen) atoms. The Morgan fingerprint density at radius 2 is 1.79 bits per heavy atom. The van der Waals surface area contributed by atoms with Gasteiger partial charge in [-0.15, -0.1) is 10.2 Å².